The van der Waals surface area contributed by atoms with Crippen molar-refractivity contribution in [3.05, 3.63) is 23.9 Å². The molecule has 1 aromatic heterocycles. The van der Waals surface area contributed by atoms with Crippen molar-refractivity contribution in [1.29, 1.82) is 0 Å². The molecule has 0 fully saturated rings. The van der Waals surface area contributed by atoms with Gasteiger partial charge in [0.25, 0.3) is 0 Å². The molecule has 0 spiro atoms. The van der Waals surface area contributed by atoms with Crippen molar-refractivity contribution in [3.63, 3.8) is 0 Å². The Morgan fingerprint density at radius 2 is 2.16 bits per heavy atom. The van der Waals surface area contributed by atoms with Gasteiger partial charge in [-0.25, -0.2) is 9.78 Å². The minimum absolute atomic E-state index is 0.380. The molecule has 106 valence electrons. The predicted molar refractivity (Wildman–Crippen MR) is 74.4 cm³/mol. The monoisotopic (exact) mass is 266 g/mol. The van der Waals surface area contributed by atoms with Crippen molar-refractivity contribution in [2.45, 2.75) is 26.2 Å². The molecule has 0 aromatic carbocycles. The number of ether oxygens (including phenoxy) is 2. The Bertz CT molecular complexity index is 383. The molecule has 1 N–H and O–H groups in total. The average molecular weight is 266 g/mol. The van der Waals surface area contributed by atoms with Crippen LogP contribution in [0.1, 0.15) is 36.5 Å². The number of nitrogens with zero attached hydrogens (tertiary/aromatic N) is 1. The van der Waals surface area contributed by atoms with Crippen molar-refractivity contribution in [2.24, 2.45) is 0 Å². The Morgan fingerprint density at radius 1 is 1.37 bits per heavy atom. The van der Waals surface area contributed by atoms with Crippen molar-refractivity contribution >= 4 is 11.8 Å². The molecule has 0 unspecified atom stereocenters. The van der Waals surface area contributed by atoms with E-state index in [0.29, 0.717) is 24.5 Å². The summed E-state index contributed by atoms with van der Waals surface area (Å²) < 4.78 is 10.2. The van der Waals surface area contributed by atoms with E-state index in [9.17, 15) is 4.79 Å². The van der Waals surface area contributed by atoms with E-state index < -0.39 is 0 Å². The number of hydrogen-bond donors (Lipinski definition) is 1. The van der Waals surface area contributed by atoms with Gasteiger partial charge in [0.1, 0.15) is 11.4 Å². The lowest BCUT2D eigenvalue weighted by molar-refractivity contribution is 0.0601. The van der Waals surface area contributed by atoms with E-state index in [4.69, 9.17) is 9.47 Å². The summed E-state index contributed by atoms with van der Waals surface area (Å²) in [6.45, 7) is 4.38. The van der Waals surface area contributed by atoms with Crippen LogP contribution in [0.5, 0.6) is 0 Å². The number of carbonyl (C=O) groups is 1. The third-order valence-corrected chi connectivity index (χ3v) is 2.61. The van der Waals surface area contributed by atoms with Crippen molar-refractivity contribution in [2.75, 3.05) is 32.2 Å². The summed E-state index contributed by atoms with van der Waals surface area (Å²) in [4.78, 5) is 15.7. The van der Waals surface area contributed by atoms with Gasteiger partial charge < -0.3 is 14.8 Å². The van der Waals surface area contributed by atoms with Crippen LogP contribution in [0.15, 0.2) is 18.3 Å². The van der Waals surface area contributed by atoms with Gasteiger partial charge in [0.2, 0.25) is 0 Å². The fraction of sp³-hybridized carbons (Fsp3) is 0.571. The second-order valence-electron chi connectivity index (χ2n) is 4.14. The number of hydrogen-bond acceptors (Lipinski definition) is 5. The lowest BCUT2D eigenvalue weighted by Crippen LogP contribution is -2.12. The molecule has 0 radical (unpaired) electrons. The zero-order chi connectivity index (χ0) is 13.9. The second kappa shape index (κ2) is 9.33. The molecule has 1 aromatic rings. The summed E-state index contributed by atoms with van der Waals surface area (Å²) >= 11 is 0. The number of anilines is 1. The molecule has 0 aliphatic rings. The summed E-state index contributed by atoms with van der Waals surface area (Å²) in [7, 11) is 1.36. The van der Waals surface area contributed by atoms with Gasteiger partial charge in [0.05, 0.1) is 7.11 Å². The number of carbonyl (C=O) groups excluding carboxylic acids is 1. The summed E-state index contributed by atoms with van der Waals surface area (Å²) in [5.74, 6) is 0.178. The minimum Gasteiger partial charge on any atom is -0.465 e. The van der Waals surface area contributed by atoms with Crippen molar-refractivity contribution in [1.82, 2.24) is 4.98 Å². The Balaban J connectivity index is 2.31. The Morgan fingerprint density at radius 3 is 2.89 bits per heavy atom. The Labute approximate surface area is 114 Å². The first kappa shape index (κ1) is 15.4. The molecule has 0 amide bonds. The molecule has 5 nitrogen and oxygen atoms in total. The third kappa shape index (κ3) is 5.70. The standard InChI is InChI=1S/C14H22N2O3/c1-3-4-10-19-11-6-9-16-13-12(14(17)18-2)7-5-8-15-13/h5,7-8H,3-4,6,9-11H2,1-2H3,(H,15,16). The van der Waals surface area contributed by atoms with Crippen LogP contribution in [0.3, 0.4) is 0 Å². The molecule has 0 aliphatic heterocycles. The number of aromatic nitrogens is 1. The van der Waals surface area contributed by atoms with Crippen LogP contribution in [0.2, 0.25) is 0 Å². The average Bonchev–Trinajstić information content (AvgIpc) is 2.46. The van der Waals surface area contributed by atoms with Crippen molar-refractivity contribution in [3.8, 4) is 0 Å². The van der Waals surface area contributed by atoms with Gasteiger partial charge in [-0.2, -0.15) is 0 Å². The molecular weight excluding hydrogens is 244 g/mol. The molecule has 1 rings (SSSR count). The molecule has 0 atom stereocenters. The van der Waals surface area contributed by atoms with Gasteiger partial charge in [0, 0.05) is 26.0 Å². The van der Waals surface area contributed by atoms with Crippen LogP contribution in [-0.4, -0.2) is 37.8 Å². The molecule has 0 aliphatic carbocycles. The molecular formula is C14H22N2O3. The number of nitrogens with one attached hydrogen (secondary N) is 1. The Kier molecular flexibility index (Phi) is 7.58. The zero-order valence-electron chi connectivity index (χ0n) is 11.6. The van der Waals surface area contributed by atoms with Gasteiger partial charge >= 0.3 is 5.97 Å². The molecule has 1 heterocycles. The fourth-order valence-corrected chi connectivity index (χ4v) is 1.55. The third-order valence-electron chi connectivity index (χ3n) is 2.61. The highest BCUT2D eigenvalue weighted by atomic mass is 16.5. The number of methoxy groups -OCH3 is 1. The quantitative estimate of drug-likeness (QED) is 0.549. The van der Waals surface area contributed by atoms with Gasteiger partial charge in [-0.05, 0) is 25.0 Å². The molecule has 5 heteroatoms. The normalized spacial score (nSPS) is 10.2. The SMILES string of the molecule is CCCCOCCCNc1ncccc1C(=O)OC. The molecule has 0 bridgehead atoms. The number of esters is 1. The lowest BCUT2D eigenvalue weighted by Gasteiger charge is -2.09. The number of unbranched alkanes of at least 4 members (excludes halogenated alkanes) is 1. The van der Waals surface area contributed by atoms with Gasteiger partial charge in [-0.15, -0.1) is 0 Å². The van der Waals surface area contributed by atoms with E-state index in [2.05, 4.69) is 17.2 Å². The maximum absolute atomic E-state index is 11.5. The predicted octanol–water partition coefficient (Wildman–Crippen LogP) is 2.49. The van der Waals surface area contributed by atoms with E-state index in [1.54, 1.807) is 18.3 Å². The van der Waals surface area contributed by atoms with Gasteiger partial charge in [-0.3, -0.25) is 0 Å². The maximum atomic E-state index is 11.5. The first-order valence-electron chi connectivity index (χ1n) is 6.64. The highest BCUT2D eigenvalue weighted by Crippen LogP contribution is 2.12. The summed E-state index contributed by atoms with van der Waals surface area (Å²) in [5, 5.41) is 3.13. The summed E-state index contributed by atoms with van der Waals surface area (Å²) in [6, 6.07) is 3.41. The van der Waals surface area contributed by atoms with E-state index in [0.717, 1.165) is 25.9 Å². The second-order valence-corrected chi connectivity index (χ2v) is 4.14. The van der Waals surface area contributed by atoms with Crippen LogP contribution < -0.4 is 5.32 Å². The van der Waals surface area contributed by atoms with Crippen LogP contribution in [0, 0.1) is 0 Å². The first-order chi connectivity index (χ1) is 9.29. The highest BCUT2D eigenvalue weighted by molar-refractivity contribution is 5.94. The van der Waals surface area contributed by atoms with E-state index in [1.165, 1.54) is 7.11 Å². The van der Waals surface area contributed by atoms with Crippen LogP contribution in [0.25, 0.3) is 0 Å². The minimum atomic E-state index is -0.380. The van der Waals surface area contributed by atoms with Gasteiger partial charge in [0.15, 0.2) is 0 Å². The fourth-order valence-electron chi connectivity index (χ4n) is 1.55. The van der Waals surface area contributed by atoms with E-state index in [-0.39, 0.29) is 5.97 Å². The topological polar surface area (TPSA) is 60.5 Å². The smallest absolute Gasteiger partial charge is 0.341 e. The van der Waals surface area contributed by atoms with E-state index >= 15 is 0 Å². The van der Waals surface area contributed by atoms with Crippen LogP contribution in [-0.2, 0) is 9.47 Å². The summed E-state index contributed by atoms with van der Waals surface area (Å²) in [5.41, 5.74) is 0.455. The molecule has 19 heavy (non-hydrogen) atoms. The maximum Gasteiger partial charge on any atom is 0.341 e. The van der Waals surface area contributed by atoms with Crippen molar-refractivity contribution < 1.29 is 14.3 Å². The molecule has 0 saturated carbocycles. The van der Waals surface area contributed by atoms with Gasteiger partial charge in [-0.1, -0.05) is 13.3 Å². The highest BCUT2D eigenvalue weighted by Gasteiger charge is 2.11. The Hall–Kier alpha value is -1.62. The lowest BCUT2D eigenvalue weighted by atomic mass is 10.2. The summed E-state index contributed by atoms with van der Waals surface area (Å²) in [6.07, 6.45) is 4.77. The number of rotatable bonds is 9. The molecule has 0 saturated heterocycles. The largest absolute Gasteiger partial charge is 0.465 e. The van der Waals surface area contributed by atoms with Crippen LogP contribution in [0.4, 0.5) is 5.82 Å². The number of pyridine rings is 1. The van der Waals surface area contributed by atoms with E-state index in [1.807, 2.05) is 0 Å². The van der Waals surface area contributed by atoms with Crippen LogP contribution >= 0.6 is 0 Å². The zero-order valence-corrected chi connectivity index (χ0v) is 11.6. The first-order valence-corrected chi connectivity index (χ1v) is 6.64.